The molecule has 1 aromatic carbocycles. The lowest BCUT2D eigenvalue weighted by Crippen LogP contribution is -2.40. The first kappa shape index (κ1) is 26.3. The van der Waals surface area contributed by atoms with E-state index in [2.05, 4.69) is 102 Å². The van der Waals surface area contributed by atoms with Gasteiger partial charge in [0.1, 0.15) is 5.84 Å². The van der Waals surface area contributed by atoms with E-state index in [0.717, 1.165) is 34.2 Å². The Kier molecular flexibility index (Phi) is 8.92. The molecule has 0 atom stereocenters. The van der Waals surface area contributed by atoms with Crippen LogP contribution in [0.4, 0.5) is 5.69 Å². The predicted octanol–water partition coefficient (Wildman–Crippen LogP) is 6.75. The number of aryl methyl sites for hydroxylation is 1. The Morgan fingerprint density at radius 2 is 1.71 bits per heavy atom. The first-order valence-electron chi connectivity index (χ1n) is 10.8. The largest absolute Gasteiger partial charge is 0.388 e. The molecule has 0 saturated heterocycles. The van der Waals surface area contributed by atoms with Crippen molar-refractivity contribution in [2.24, 2.45) is 10.4 Å². The monoisotopic (exact) mass is 422 g/mol. The van der Waals surface area contributed by atoms with E-state index >= 15 is 0 Å². The molecule has 0 fully saturated rings. The summed E-state index contributed by atoms with van der Waals surface area (Å²) in [6, 6.07) is 6.34. The van der Waals surface area contributed by atoms with Crippen molar-refractivity contribution in [1.82, 2.24) is 10.2 Å². The highest BCUT2D eigenvalue weighted by atomic mass is 15.2. The van der Waals surface area contributed by atoms with Gasteiger partial charge in [-0.3, -0.25) is 0 Å². The van der Waals surface area contributed by atoms with E-state index in [1.165, 1.54) is 5.56 Å². The highest BCUT2D eigenvalue weighted by Gasteiger charge is 2.20. The van der Waals surface area contributed by atoms with E-state index in [-0.39, 0.29) is 5.54 Å². The average molecular weight is 423 g/mol. The van der Waals surface area contributed by atoms with Crippen LogP contribution in [-0.2, 0) is 0 Å². The molecule has 0 radical (unpaired) electrons. The maximum Gasteiger partial charge on any atom is 0.106 e. The minimum Gasteiger partial charge on any atom is -0.388 e. The molecule has 1 aliphatic heterocycles. The lowest BCUT2D eigenvalue weighted by Gasteiger charge is -2.32. The van der Waals surface area contributed by atoms with Crippen molar-refractivity contribution < 1.29 is 0 Å². The first-order valence-corrected chi connectivity index (χ1v) is 10.8. The second-order valence-electron chi connectivity index (χ2n) is 10.1. The van der Waals surface area contributed by atoms with Gasteiger partial charge in [0.05, 0.1) is 12.2 Å². The number of benzene rings is 1. The van der Waals surface area contributed by atoms with Crippen LogP contribution < -0.4 is 10.6 Å². The van der Waals surface area contributed by atoms with Crippen molar-refractivity contribution >= 4 is 17.2 Å². The Hall–Kier alpha value is -2.75. The molecular formula is C27H42N4. The summed E-state index contributed by atoms with van der Waals surface area (Å²) in [5.74, 6) is 0.919. The van der Waals surface area contributed by atoms with Crippen molar-refractivity contribution in [2.45, 2.75) is 60.9 Å². The molecule has 2 rings (SSSR count). The molecule has 0 bridgehead atoms. The van der Waals surface area contributed by atoms with Gasteiger partial charge in [-0.15, -0.1) is 6.58 Å². The molecule has 2 N–H and O–H groups in total. The van der Waals surface area contributed by atoms with Gasteiger partial charge in [0, 0.05) is 35.2 Å². The number of rotatable bonds is 5. The van der Waals surface area contributed by atoms with E-state index in [1.807, 2.05) is 26.1 Å². The summed E-state index contributed by atoms with van der Waals surface area (Å²) < 4.78 is 0. The minimum absolute atomic E-state index is 0.0101. The predicted molar refractivity (Wildman–Crippen MR) is 139 cm³/mol. The molecule has 0 spiro atoms. The van der Waals surface area contributed by atoms with Gasteiger partial charge in [0.2, 0.25) is 0 Å². The van der Waals surface area contributed by atoms with Crippen LogP contribution in [0, 0.1) is 12.3 Å². The zero-order valence-corrected chi connectivity index (χ0v) is 21.1. The van der Waals surface area contributed by atoms with Crippen molar-refractivity contribution in [1.29, 1.82) is 0 Å². The van der Waals surface area contributed by atoms with Crippen LogP contribution in [0.5, 0.6) is 0 Å². The molecule has 0 aromatic heterocycles. The summed E-state index contributed by atoms with van der Waals surface area (Å²) in [4.78, 5) is 6.89. The van der Waals surface area contributed by atoms with E-state index in [0.29, 0.717) is 12.0 Å². The van der Waals surface area contributed by atoms with Gasteiger partial charge in [-0.1, -0.05) is 52.1 Å². The van der Waals surface area contributed by atoms with Gasteiger partial charge >= 0.3 is 0 Å². The SMILES string of the molecule is C=C(CN1C(=C)C=C(c2ccc(C)cc2NC)N=C1C)NC(C)(C)C.C=CC(C)(C)C. The number of nitrogens with one attached hydrogen (secondary N) is 2. The molecule has 0 aliphatic carbocycles. The van der Waals surface area contributed by atoms with E-state index in [4.69, 9.17) is 4.99 Å². The van der Waals surface area contributed by atoms with Crippen molar-refractivity contribution in [3.05, 3.63) is 72.6 Å². The molecule has 1 aromatic rings. The van der Waals surface area contributed by atoms with Crippen LogP contribution >= 0.6 is 0 Å². The topological polar surface area (TPSA) is 39.7 Å². The summed E-state index contributed by atoms with van der Waals surface area (Å²) in [5.41, 5.74) is 6.47. The summed E-state index contributed by atoms with van der Waals surface area (Å²) in [5, 5.41) is 6.67. The third-order valence-electron chi connectivity index (χ3n) is 4.56. The first-order chi connectivity index (χ1) is 14.2. The molecule has 4 nitrogen and oxygen atoms in total. The lowest BCUT2D eigenvalue weighted by molar-refractivity contribution is 0.442. The zero-order valence-electron chi connectivity index (χ0n) is 21.1. The van der Waals surface area contributed by atoms with Crippen LogP contribution in [-0.4, -0.2) is 29.9 Å². The zero-order chi connectivity index (χ0) is 24.0. The lowest BCUT2D eigenvalue weighted by atomic mass is 9.98. The maximum absolute atomic E-state index is 4.81. The molecule has 1 heterocycles. The van der Waals surface area contributed by atoms with E-state index in [9.17, 15) is 0 Å². The van der Waals surface area contributed by atoms with Crippen LogP contribution in [0.15, 0.2) is 66.5 Å². The van der Waals surface area contributed by atoms with E-state index in [1.54, 1.807) is 0 Å². The summed E-state index contributed by atoms with van der Waals surface area (Å²) >= 11 is 0. The summed E-state index contributed by atoms with van der Waals surface area (Å²) in [7, 11) is 1.93. The third kappa shape index (κ3) is 8.87. The number of hydrogen-bond donors (Lipinski definition) is 2. The summed E-state index contributed by atoms with van der Waals surface area (Å²) in [6.45, 7) is 29.5. The molecule has 31 heavy (non-hydrogen) atoms. The number of amidine groups is 1. The van der Waals surface area contributed by atoms with Crippen LogP contribution in [0.2, 0.25) is 0 Å². The van der Waals surface area contributed by atoms with Crippen molar-refractivity contribution in [2.75, 3.05) is 18.9 Å². The standard InChI is InChI=1S/C21H30N4.C6H12/c1-14-9-10-18(19(11-14)22-8)20-12-16(3)25(17(4)23-20)13-15(2)24-21(5,6)7;1-5-6(2,3)4/h9-12,22,24H,2-3,13H2,1,4-8H3;5H,1H2,2-4H3. The fourth-order valence-electron chi connectivity index (χ4n) is 2.91. The van der Waals surface area contributed by atoms with Crippen molar-refractivity contribution in [3.63, 3.8) is 0 Å². The molecule has 0 amide bonds. The quantitative estimate of drug-likeness (QED) is 0.516. The highest BCUT2D eigenvalue weighted by Crippen LogP contribution is 2.30. The molecule has 0 unspecified atom stereocenters. The number of anilines is 1. The molecule has 4 heteroatoms. The Labute approximate surface area is 190 Å². The molecule has 170 valence electrons. The fraction of sp³-hybridized carbons (Fsp3) is 0.444. The minimum atomic E-state index is -0.0101. The van der Waals surface area contributed by atoms with Gasteiger partial charge in [-0.25, -0.2) is 4.99 Å². The third-order valence-corrected chi connectivity index (χ3v) is 4.56. The number of nitrogens with zero attached hydrogens (tertiary/aromatic N) is 2. The summed E-state index contributed by atoms with van der Waals surface area (Å²) in [6.07, 6.45) is 3.97. The number of aliphatic imine (C=N–C) groups is 1. The molecule has 1 aliphatic rings. The Bertz CT molecular complexity index is 873. The van der Waals surface area contributed by atoms with Crippen LogP contribution in [0.3, 0.4) is 0 Å². The highest BCUT2D eigenvalue weighted by molar-refractivity contribution is 5.93. The Balaban J connectivity index is 0.000000703. The number of allylic oxidation sites excluding steroid dienone is 2. The smallest absolute Gasteiger partial charge is 0.106 e. The van der Waals surface area contributed by atoms with Gasteiger partial charge in [0.25, 0.3) is 0 Å². The Morgan fingerprint density at radius 3 is 2.16 bits per heavy atom. The number of hydrogen-bond acceptors (Lipinski definition) is 4. The Morgan fingerprint density at radius 1 is 1.13 bits per heavy atom. The van der Waals surface area contributed by atoms with Gasteiger partial charge < -0.3 is 15.5 Å². The fourth-order valence-corrected chi connectivity index (χ4v) is 2.91. The maximum atomic E-state index is 4.81. The second-order valence-corrected chi connectivity index (χ2v) is 10.1. The van der Waals surface area contributed by atoms with Gasteiger partial charge in [-0.2, -0.15) is 0 Å². The van der Waals surface area contributed by atoms with E-state index < -0.39 is 0 Å². The second kappa shape index (κ2) is 10.5. The normalized spacial score (nSPS) is 14.1. The van der Waals surface area contributed by atoms with Gasteiger partial charge in [-0.05, 0) is 57.7 Å². The molecule has 0 saturated carbocycles. The van der Waals surface area contributed by atoms with Crippen molar-refractivity contribution in [3.8, 4) is 0 Å². The van der Waals surface area contributed by atoms with Crippen LogP contribution in [0.1, 0.15) is 59.6 Å². The van der Waals surface area contributed by atoms with Crippen LogP contribution in [0.25, 0.3) is 5.70 Å². The van der Waals surface area contributed by atoms with Gasteiger partial charge in [0.15, 0.2) is 0 Å². The average Bonchev–Trinajstić information content (AvgIpc) is 2.63. The molecular weight excluding hydrogens is 380 g/mol.